The average Bonchev–Trinajstić information content (AvgIpc) is 1.85. The third kappa shape index (κ3) is 4.65. The van der Waals surface area contributed by atoms with Crippen molar-refractivity contribution in [3.05, 3.63) is 0 Å². The summed E-state index contributed by atoms with van der Waals surface area (Å²) in [6, 6.07) is 0.659. The van der Waals surface area contributed by atoms with Crippen LogP contribution in [0.1, 0.15) is 34.6 Å². The SMILES string of the molecule is CC(C)N(C)CC(C)C(C)(C)I. The quantitative estimate of drug-likeness (QED) is 0.566. The van der Waals surface area contributed by atoms with Crippen LogP contribution < -0.4 is 0 Å². The Hall–Kier alpha value is 0.690. The summed E-state index contributed by atoms with van der Waals surface area (Å²) >= 11 is 2.53. The van der Waals surface area contributed by atoms with Crippen LogP contribution in [0.3, 0.4) is 0 Å². The molecule has 0 aliphatic carbocycles. The minimum atomic E-state index is 0.404. The minimum absolute atomic E-state index is 0.404. The van der Waals surface area contributed by atoms with E-state index < -0.39 is 0 Å². The molecule has 0 aliphatic heterocycles. The van der Waals surface area contributed by atoms with Crippen molar-refractivity contribution < 1.29 is 0 Å². The number of nitrogens with zero attached hydrogens (tertiary/aromatic N) is 1. The molecule has 0 saturated heterocycles. The summed E-state index contributed by atoms with van der Waals surface area (Å²) in [4.78, 5) is 2.41. The molecule has 2 heteroatoms. The van der Waals surface area contributed by atoms with E-state index in [9.17, 15) is 0 Å². The highest BCUT2D eigenvalue weighted by molar-refractivity contribution is 14.1. The maximum Gasteiger partial charge on any atom is 0.0203 e. The van der Waals surface area contributed by atoms with Crippen LogP contribution in [-0.2, 0) is 0 Å². The summed E-state index contributed by atoms with van der Waals surface area (Å²) in [5, 5.41) is 0. The first-order valence-corrected chi connectivity index (χ1v) is 5.72. The molecule has 0 spiro atoms. The fourth-order valence-electron chi connectivity index (χ4n) is 0.860. The highest BCUT2D eigenvalue weighted by atomic mass is 127. The molecule has 0 fully saturated rings. The van der Waals surface area contributed by atoms with Gasteiger partial charge in [0.1, 0.15) is 0 Å². The van der Waals surface area contributed by atoms with Crippen molar-refractivity contribution in [2.24, 2.45) is 5.92 Å². The molecule has 1 nitrogen and oxygen atoms in total. The van der Waals surface area contributed by atoms with E-state index in [-0.39, 0.29) is 0 Å². The van der Waals surface area contributed by atoms with Gasteiger partial charge in [0, 0.05) is 16.0 Å². The molecule has 0 aromatic heterocycles. The lowest BCUT2D eigenvalue weighted by molar-refractivity contribution is 0.224. The van der Waals surface area contributed by atoms with Crippen LogP contribution in [-0.4, -0.2) is 28.0 Å². The van der Waals surface area contributed by atoms with Gasteiger partial charge in [0.05, 0.1) is 0 Å². The van der Waals surface area contributed by atoms with E-state index in [2.05, 4.69) is 69.2 Å². The van der Waals surface area contributed by atoms with E-state index in [1.807, 2.05) is 0 Å². The monoisotopic (exact) mass is 283 g/mol. The summed E-state index contributed by atoms with van der Waals surface area (Å²) in [5.41, 5.74) is 0. The Kier molecular flexibility index (Phi) is 5.07. The summed E-state index contributed by atoms with van der Waals surface area (Å²) in [7, 11) is 2.20. The Balaban J connectivity index is 3.93. The average molecular weight is 283 g/mol. The molecule has 0 saturated carbocycles. The van der Waals surface area contributed by atoms with Crippen molar-refractivity contribution in [1.82, 2.24) is 4.90 Å². The lowest BCUT2D eigenvalue weighted by atomic mass is 9.97. The Morgan fingerprint density at radius 3 is 1.92 bits per heavy atom. The molecule has 0 rings (SSSR count). The van der Waals surface area contributed by atoms with Gasteiger partial charge in [-0.1, -0.05) is 43.4 Å². The zero-order valence-corrected chi connectivity index (χ0v) is 11.3. The van der Waals surface area contributed by atoms with Gasteiger partial charge in [-0.25, -0.2) is 0 Å². The van der Waals surface area contributed by atoms with Gasteiger partial charge in [-0.3, -0.25) is 0 Å². The molecule has 1 atom stereocenters. The lowest BCUT2D eigenvalue weighted by Gasteiger charge is -2.31. The fraction of sp³-hybridized carbons (Fsp3) is 1.00. The van der Waals surface area contributed by atoms with Crippen molar-refractivity contribution in [1.29, 1.82) is 0 Å². The molecule has 0 bridgehead atoms. The van der Waals surface area contributed by atoms with E-state index in [1.165, 1.54) is 6.54 Å². The predicted molar refractivity (Wildman–Crippen MR) is 65.0 cm³/mol. The molecule has 0 aliphatic rings. The van der Waals surface area contributed by atoms with Crippen LogP contribution in [0.15, 0.2) is 0 Å². The predicted octanol–water partition coefficient (Wildman–Crippen LogP) is 3.18. The summed E-state index contributed by atoms with van der Waals surface area (Å²) in [6.07, 6.45) is 0. The van der Waals surface area contributed by atoms with Gasteiger partial charge in [-0.05, 0) is 26.8 Å². The van der Waals surface area contributed by atoms with Gasteiger partial charge in [0.25, 0.3) is 0 Å². The zero-order chi connectivity index (χ0) is 9.94. The third-order valence-electron chi connectivity index (χ3n) is 2.62. The van der Waals surface area contributed by atoms with E-state index >= 15 is 0 Å². The number of hydrogen-bond donors (Lipinski definition) is 0. The van der Waals surface area contributed by atoms with E-state index in [0.717, 1.165) is 5.92 Å². The van der Waals surface area contributed by atoms with E-state index in [4.69, 9.17) is 0 Å². The van der Waals surface area contributed by atoms with E-state index in [1.54, 1.807) is 0 Å². The lowest BCUT2D eigenvalue weighted by Crippen LogP contribution is -2.36. The van der Waals surface area contributed by atoms with Gasteiger partial charge < -0.3 is 4.90 Å². The number of hydrogen-bond acceptors (Lipinski definition) is 1. The van der Waals surface area contributed by atoms with Crippen LogP contribution in [0.25, 0.3) is 0 Å². The maximum atomic E-state index is 2.53. The van der Waals surface area contributed by atoms with Crippen LogP contribution in [0.5, 0.6) is 0 Å². The number of rotatable bonds is 4. The Bertz CT molecular complexity index is 126. The fourth-order valence-corrected chi connectivity index (χ4v) is 1.06. The van der Waals surface area contributed by atoms with Crippen molar-refractivity contribution in [3.63, 3.8) is 0 Å². The molecule has 0 radical (unpaired) electrons. The van der Waals surface area contributed by atoms with E-state index in [0.29, 0.717) is 9.46 Å². The summed E-state index contributed by atoms with van der Waals surface area (Å²) < 4.78 is 0.404. The molecule has 0 aromatic carbocycles. The smallest absolute Gasteiger partial charge is 0.0203 e. The molecule has 0 N–H and O–H groups in total. The van der Waals surface area contributed by atoms with Crippen LogP contribution in [0.4, 0.5) is 0 Å². The zero-order valence-electron chi connectivity index (χ0n) is 9.19. The van der Waals surface area contributed by atoms with Gasteiger partial charge in [-0.15, -0.1) is 0 Å². The van der Waals surface area contributed by atoms with Crippen LogP contribution in [0.2, 0.25) is 0 Å². The molecule has 0 amide bonds. The minimum Gasteiger partial charge on any atom is -0.304 e. The first-order chi connectivity index (χ1) is 5.25. The number of alkyl halides is 1. The number of halogens is 1. The molecule has 0 heterocycles. The second kappa shape index (κ2) is 4.80. The van der Waals surface area contributed by atoms with Gasteiger partial charge in [0.15, 0.2) is 0 Å². The molecule has 0 aromatic rings. The van der Waals surface area contributed by atoms with Gasteiger partial charge in [-0.2, -0.15) is 0 Å². The van der Waals surface area contributed by atoms with Crippen LogP contribution >= 0.6 is 22.6 Å². The molecular weight excluding hydrogens is 261 g/mol. The third-order valence-corrected chi connectivity index (χ3v) is 3.68. The molecule has 74 valence electrons. The molecule has 1 unspecified atom stereocenters. The highest BCUT2D eigenvalue weighted by Crippen LogP contribution is 2.27. The van der Waals surface area contributed by atoms with Crippen molar-refractivity contribution in [2.75, 3.05) is 13.6 Å². The first kappa shape index (κ1) is 12.7. The summed E-state index contributed by atoms with van der Waals surface area (Å²) in [6.45, 7) is 12.6. The second-order valence-electron chi connectivity index (χ2n) is 4.50. The summed E-state index contributed by atoms with van der Waals surface area (Å²) in [5.74, 6) is 0.741. The van der Waals surface area contributed by atoms with Crippen LogP contribution in [0, 0.1) is 5.92 Å². The standard InChI is InChI=1S/C10H22IN/c1-8(2)12(6)7-9(3)10(4,5)11/h8-9H,7H2,1-6H3. The topological polar surface area (TPSA) is 3.24 Å². The Morgan fingerprint density at radius 1 is 1.25 bits per heavy atom. The largest absolute Gasteiger partial charge is 0.304 e. The normalized spacial score (nSPS) is 15.8. The maximum absolute atomic E-state index is 2.53. The van der Waals surface area contributed by atoms with Crippen molar-refractivity contribution >= 4 is 22.6 Å². The Labute approximate surface area is 91.0 Å². The van der Waals surface area contributed by atoms with Gasteiger partial charge in [0.2, 0.25) is 0 Å². The highest BCUT2D eigenvalue weighted by Gasteiger charge is 2.23. The first-order valence-electron chi connectivity index (χ1n) is 4.64. The molecular formula is C10H22IN. The van der Waals surface area contributed by atoms with Gasteiger partial charge >= 0.3 is 0 Å². The second-order valence-corrected chi connectivity index (χ2v) is 7.28. The Morgan fingerprint density at radius 2 is 1.67 bits per heavy atom. The molecule has 12 heavy (non-hydrogen) atoms. The van der Waals surface area contributed by atoms with Crippen molar-refractivity contribution in [3.8, 4) is 0 Å². The van der Waals surface area contributed by atoms with Crippen molar-refractivity contribution in [2.45, 2.75) is 44.1 Å².